The Kier molecular flexibility index (Phi) is 4.74. The van der Waals surface area contributed by atoms with E-state index in [4.69, 9.17) is 0 Å². The summed E-state index contributed by atoms with van der Waals surface area (Å²) in [6.07, 6.45) is 7.15. The molecule has 4 rings (SSSR count). The zero-order valence-corrected chi connectivity index (χ0v) is 16.0. The average Bonchev–Trinajstić information content (AvgIpc) is 2.67. The topological polar surface area (TPSA) is 57.9 Å². The number of hydrogen-bond donors (Lipinski definition) is 0. The molecular weight excluding hydrogens is 427 g/mol. The monoisotopic (exact) mass is 446 g/mol. The van der Waals surface area contributed by atoms with E-state index in [2.05, 4.69) is 4.98 Å². The molecule has 0 saturated heterocycles. The molecule has 1 aliphatic carbocycles. The van der Waals surface area contributed by atoms with E-state index in [0.29, 0.717) is 14.6 Å². The molecule has 5 heteroatoms. The van der Waals surface area contributed by atoms with Crippen molar-refractivity contribution < 1.29 is 26.3 Å². The molecule has 1 aliphatic rings. The first-order valence-electron chi connectivity index (χ1n) is 8.66. The van der Waals surface area contributed by atoms with E-state index in [1.54, 1.807) is 12.3 Å². The van der Waals surface area contributed by atoms with Gasteiger partial charge in [-0.1, -0.05) is 43.5 Å². The maximum absolute atomic E-state index is 13.3. The summed E-state index contributed by atoms with van der Waals surface area (Å²) in [6, 6.07) is 13.6. The summed E-state index contributed by atoms with van der Waals surface area (Å²) < 4.78 is 3.39. The number of fused-ring (bicyclic) bond motifs is 1. The minimum atomic E-state index is -0.803. The number of benzene rings is 1. The zero-order chi connectivity index (χ0) is 17.2. The fourth-order valence-electron chi connectivity index (χ4n) is 3.53. The van der Waals surface area contributed by atoms with Gasteiger partial charge in [-0.05, 0) is 36.8 Å². The van der Waals surface area contributed by atoms with Gasteiger partial charge in [0.15, 0.2) is 3.57 Å². The second kappa shape index (κ2) is 7.15. The molecule has 1 aromatic carbocycles. The summed E-state index contributed by atoms with van der Waals surface area (Å²) >= 11 is -0.803. The largest absolute Gasteiger partial charge is 0.869 e. The summed E-state index contributed by atoms with van der Waals surface area (Å²) in [6.45, 7) is 0. The molecule has 3 aromatic rings. The lowest BCUT2D eigenvalue weighted by Gasteiger charge is -2.26. The van der Waals surface area contributed by atoms with Crippen LogP contribution in [0.1, 0.15) is 38.1 Å². The lowest BCUT2D eigenvalue weighted by Crippen LogP contribution is -3.62. The molecule has 0 radical (unpaired) electrons. The summed E-state index contributed by atoms with van der Waals surface area (Å²) in [5.41, 5.74) is 0.449. The van der Waals surface area contributed by atoms with Crippen molar-refractivity contribution >= 4 is 11.0 Å². The first-order chi connectivity index (χ1) is 12.3. The fourth-order valence-corrected chi connectivity index (χ4v) is 5.96. The minimum Gasteiger partial charge on any atom is -0.869 e. The van der Waals surface area contributed by atoms with E-state index in [1.165, 1.54) is 6.42 Å². The third-order valence-corrected chi connectivity index (χ3v) is 7.57. The van der Waals surface area contributed by atoms with E-state index in [1.807, 2.05) is 41.0 Å². The van der Waals surface area contributed by atoms with Crippen molar-refractivity contribution in [2.75, 3.05) is 0 Å². The maximum atomic E-state index is 13.3. The lowest BCUT2D eigenvalue weighted by molar-refractivity contribution is -0.605. The third kappa shape index (κ3) is 3.17. The van der Waals surface area contributed by atoms with Crippen molar-refractivity contribution in [1.82, 2.24) is 9.55 Å². The Morgan fingerprint density at radius 2 is 1.80 bits per heavy atom. The fraction of sp³-hybridized carbons (Fsp3) is 0.300. The smallest absolute Gasteiger partial charge is 0.363 e. The van der Waals surface area contributed by atoms with Crippen molar-refractivity contribution in [2.24, 2.45) is 0 Å². The Morgan fingerprint density at radius 1 is 1.04 bits per heavy atom. The van der Waals surface area contributed by atoms with Crippen molar-refractivity contribution in [3.63, 3.8) is 0 Å². The van der Waals surface area contributed by atoms with E-state index in [0.717, 1.165) is 29.3 Å². The van der Waals surface area contributed by atoms with Crippen molar-refractivity contribution in [2.45, 2.75) is 38.1 Å². The van der Waals surface area contributed by atoms with Gasteiger partial charge in [0.05, 0.1) is 0 Å². The van der Waals surface area contributed by atoms with Gasteiger partial charge in [-0.2, -0.15) is 0 Å². The Hall–Kier alpha value is -1.89. The number of pyridine rings is 2. The first-order valence-corrected chi connectivity index (χ1v) is 10.8. The molecule has 2 aromatic heterocycles. The molecule has 2 heterocycles. The molecule has 0 spiro atoms. The highest BCUT2D eigenvalue weighted by Crippen LogP contribution is 2.30. The van der Waals surface area contributed by atoms with Gasteiger partial charge in [-0.15, -0.1) is 0 Å². The van der Waals surface area contributed by atoms with Crippen LogP contribution in [0.3, 0.4) is 0 Å². The molecular formula is C20H19IN2O2. The van der Waals surface area contributed by atoms with Gasteiger partial charge in [0.2, 0.25) is 0 Å². The van der Waals surface area contributed by atoms with Gasteiger partial charge in [-0.25, -0.2) is 4.98 Å². The normalized spacial score (nSPS) is 15.5. The second-order valence-corrected chi connectivity index (χ2v) is 9.24. The molecule has 0 bridgehead atoms. The lowest BCUT2D eigenvalue weighted by atomic mass is 9.95. The molecule has 128 valence electrons. The van der Waals surface area contributed by atoms with Crippen LogP contribution in [0.5, 0.6) is 5.75 Å². The average molecular weight is 446 g/mol. The highest BCUT2D eigenvalue weighted by Gasteiger charge is 2.28. The predicted molar refractivity (Wildman–Crippen MR) is 91.4 cm³/mol. The molecule has 0 amide bonds. The van der Waals surface area contributed by atoms with Gasteiger partial charge < -0.3 is 5.11 Å². The van der Waals surface area contributed by atoms with Gasteiger partial charge >= 0.3 is 26.8 Å². The van der Waals surface area contributed by atoms with E-state index in [-0.39, 0.29) is 17.4 Å². The van der Waals surface area contributed by atoms with Crippen LogP contribution in [-0.2, 0) is 0 Å². The molecule has 4 nitrogen and oxygen atoms in total. The van der Waals surface area contributed by atoms with Crippen LogP contribution in [-0.4, -0.2) is 9.55 Å². The Morgan fingerprint density at radius 3 is 2.56 bits per heavy atom. The number of nitrogens with zero attached hydrogens (tertiary/aromatic N) is 2. The summed E-state index contributed by atoms with van der Waals surface area (Å²) in [5.74, 6) is -0.128. The molecule has 1 fully saturated rings. The molecule has 0 unspecified atom stereocenters. The molecule has 0 aliphatic heterocycles. The molecule has 0 atom stereocenters. The summed E-state index contributed by atoms with van der Waals surface area (Å²) in [5, 5.41) is 13.5. The van der Waals surface area contributed by atoms with E-state index in [9.17, 15) is 9.90 Å². The maximum Gasteiger partial charge on any atom is 0.363 e. The summed E-state index contributed by atoms with van der Waals surface area (Å²) in [7, 11) is 0. The standard InChI is InChI=1S/C20H19IN2O2/c24-18-16-12-7-13-22-19(16)23(15-10-5-2-6-11-15)20(25)17(18)21-14-8-3-1-4-9-14/h1,3-4,7-9,12-13,15H,2,5-6,10-11H2. The van der Waals surface area contributed by atoms with Crippen LogP contribution >= 0.6 is 0 Å². The van der Waals surface area contributed by atoms with Crippen LogP contribution in [0.15, 0.2) is 53.5 Å². The summed E-state index contributed by atoms with van der Waals surface area (Å²) in [4.78, 5) is 17.7. The Labute approximate surface area is 156 Å². The molecule has 0 N–H and O–H groups in total. The minimum absolute atomic E-state index is 0.111. The highest BCUT2D eigenvalue weighted by molar-refractivity contribution is 5.81. The number of hydrogen-bond acceptors (Lipinski definition) is 3. The van der Waals surface area contributed by atoms with Crippen LogP contribution in [0.4, 0.5) is 0 Å². The van der Waals surface area contributed by atoms with Crippen molar-refractivity contribution in [1.29, 1.82) is 0 Å². The van der Waals surface area contributed by atoms with Crippen molar-refractivity contribution in [3.05, 3.63) is 66.2 Å². The van der Waals surface area contributed by atoms with E-state index >= 15 is 0 Å². The van der Waals surface area contributed by atoms with Gasteiger partial charge in [-0.3, -0.25) is 9.36 Å². The van der Waals surface area contributed by atoms with E-state index < -0.39 is 21.2 Å². The first kappa shape index (κ1) is 16.6. The number of aromatic nitrogens is 2. The van der Waals surface area contributed by atoms with Gasteiger partial charge in [0.25, 0.3) is 3.57 Å². The third-order valence-electron chi connectivity index (χ3n) is 4.74. The van der Waals surface area contributed by atoms with Crippen LogP contribution in [0.2, 0.25) is 0 Å². The SMILES string of the molecule is O=c1c([I+]c2ccccc2)c([O-])c2cccnc2n1C1CCCCC1. The van der Waals surface area contributed by atoms with Gasteiger partial charge in [0, 0.05) is 17.6 Å². The number of halogens is 1. The zero-order valence-electron chi connectivity index (χ0n) is 13.8. The van der Waals surface area contributed by atoms with Crippen molar-refractivity contribution in [3.8, 4) is 5.75 Å². The number of rotatable bonds is 3. The van der Waals surface area contributed by atoms with Crippen LogP contribution in [0, 0.1) is 7.14 Å². The Balaban J connectivity index is 1.92. The highest BCUT2D eigenvalue weighted by atomic mass is 127. The second-order valence-electron chi connectivity index (χ2n) is 6.37. The van der Waals surface area contributed by atoms with Crippen LogP contribution in [0.25, 0.3) is 11.0 Å². The Bertz CT molecular complexity index is 947. The predicted octanol–water partition coefficient (Wildman–Crippen LogP) is 0.104. The molecule has 25 heavy (non-hydrogen) atoms. The molecule has 1 saturated carbocycles. The quantitative estimate of drug-likeness (QED) is 0.537. The van der Waals surface area contributed by atoms with Gasteiger partial charge in [0.1, 0.15) is 5.65 Å². The van der Waals surface area contributed by atoms with Crippen LogP contribution < -0.4 is 31.9 Å².